The monoisotopic (exact) mass is 414 g/mol. The summed E-state index contributed by atoms with van der Waals surface area (Å²) in [6, 6.07) is 15.5. The number of carbonyl (C=O) groups excluding carboxylic acids is 1. The maximum absolute atomic E-state index is 12.6. The Morgan fingerprint density at radius 3 is 2.82 bits per heavy atom. The second kappa shape index (κ2) is 9.57. The average molecular weight is 415 g/mol. The van der Waals surface area contributed by atoms with Crippen molar-refractivity contribution in [3.05, 3.63) is 54.1 Å². The van der Waals surface area contributed by atoms with Crippen molar-refractivity contribution in [2.45, 2.75) is 30.4 Å². The number of carbonyl (C=O) groups is 1. The van der Waals surface area contributed by atoms with Gasteiger partial charge in [-0.15, -0.1) is 10.2 Å². The Balaban J connectivity index is 1.59. The van der Waals surface area contributed by atoms with E-state index < -0.39 is 0 Å². The molecule has 3 aromatic rings. The zero-order chi connectivity index (χ0) is 19.9. The van der Waals surface area contributed by atoms with Crippen LogP contribution in [0.5, 0.6) is 5.75 Å². The summed E-state index contributed by atoms with van der Waals surface area (Å²) in [5.41, 5.74) is 2.80. The first-order chi connectivity index (χ1) is 13.5. The normalized spacial score (nSPS) is 11.7. The predicted molar refractivity (Wildman–Crippen MR) is 116 cm³/mol. The topological polar surface area (TPSA) is 76.1 Å². The number of thioether (sulfide) groups is 1. The lowest BCUT2D eigenvalue weighted by molar-refractivity contribution is -0.115. The van der Waals surface area contributed by atoms with E-state index in [1.807, 2.05) is 69.3 Å². The van der Waals surface area contributed by atoms with Gasteiger partial charge in [-0.3, -0.25) is 4.79 Å². The molecular weight excluding hydrogens is 392 g/mol. The molecule has 3 rings (SSSR count). The number of amides is 1. The van der Waals surface area contributed by atoms with Crippen LogP contribution < -0.4 is 15.4 Å². The highest BCUT2D eigenvalue weighted by Gasteiger charge is 2.18. The van der Waals surface area contributed by atoms with Crippen LogP contribution in [0.4, 0.5) is 16.5 Å². The van der Waals surface area contributed by atoms with Crippen molar-refractivity contribution >= 4 is 45.5 Å². The van der Waals surface area contributed by atoms with Crippen molar-refractivity contribution in [2.24, 2.45) is 0 Å². The Morgan fingerprint density at radius 1 is 1.21 bits per heavy atom. The third kappa shape index (κ3) is 5.46. The van der Waals surface area contributed by atoms with Crippen molar-refractivity contribution in [1.82, 2.24) is 10.2 Å². The van der Waals surface area contributed by atoms with E-state index in [9.17, 15) is 4.79 Å². The molecular formula is C20H22N4O2S2. The predicted octanol–water partition coefficient (Wildman–Crippen LogP) is 5.11. The van der Waals surface area contributed by atoms with Gasteiger partial charge in [0.15, 0.2) is 4.34 Å². The van der Waals surface area contributed by atoms with Crippen LogP contribution in [-0.2, 0) is 4.79 Å². The second-order valence-corrected chi connectivity index (χ2v) is 8.61. The van der Waals surface area contributed by atoms with Crippen molar-refractivity contribution in [1.29, 1.82) is 0 Å². The molecule has 1 aromatic heterocycles. The molecule has 0 aliphatic rings. The number of ether oxygens (including phenoxy) is 1. The molecule has 0 fully saturated rings. The van der Waals surface area contributed by atoms with Crippen molar-refractivity contribution < 1.29 is 9.53 Å². The molecule has 1 heterocycles. The van der Waals surface area contributed by atoms with Crippen LogP contribution in [0.25, 0.3) is 0 Å². The molecule has 0 bridgehead atoms. The summed E-state index contributed by atoms with van der Waals surface area (Å²) in [5, 5.41) is 14.9. The number of rotatable bonds is 8. The van der Waals surface area contributed by atoms with Gasteiger partial charge in [0.1, 0.15) is 5.75 Å². The standard InChI is InChI=1S/C20H22N4O2S2/c1-4-26-17-11-6-5-10-16(17)22-18(25)14(3)27-20-24-23-19(28-20)21-15-9-7-8-13(2)12-15/h5-12,14H,4H2,1-3H3,(H,21,23)(H,22,25)/t14-/m1/s1. The smallest absolute Gasteiger partial charge is 0.237 e. The molecule has 1 atom stereocenters. The van der Waals surface area contributed by atoms with Gasteiger partial charge in [-0.25, -0.2) is 0 Å². The van der Waals surface area contributed by atoms with Gasteiger partial charge in [-0.1, -0.05) is 47.4 Å². The minimum Gasteiger partial charge on any atom is -0.492 e. The van der Waals surface area contributed by atoms with Crippen LogP contribution in [0, 0.1) is 6.92 Å². The summed E-state index contributed by atoms with van der Waals surface area (Å²) in [5.74, 6) is 0.552. The van der Waals surface area contributed by atoms with Crippen LogP contribution in [0.1, 0.15) is 19.4 Å². The molecule has 0 saturated heterocycles. The first-order valence-electron chi connectivity index (χ1n) is 8.91. The molecule has 28 heavy (non-hydrogen) atoms. The number of aryl methyl sites for hydroxylation is 1. The molecule has 0 spiro atoms. The second-order valence-electron chi connectivity index (χ2n) is 6.05. The summed E-state index contributed by atoms with van der Waals surface area (Å²) in [4.78, 5) is 12.6. The van der Waals surface area contributed by atoms with Crippen LogP contribution in [0.2, 0.25) is 0 Å². The molecule has 0 radical (unpaired) electrons. The molecule has 8 heteroatoms. The highest BCUT2D eigenvalue weighted by atomic mass is 32.2. The van der Waals surface area contributed by atoms with E-state index in [1.165, 1.54) is 28.7 Å². The number of nitrogens with zero attached hydrogens (tertiary/aromatic N) is 2. The number of benzene rings is 2. The Kier molecular flexibility index (Phi) is 6.89. The van der Waals surface area contributed by atoms with Gasteiger partial charge < -0.3 is 15.4 Å². The minimum atomic E-state index is -0.325. The quantitative estimate of drug-likeness (QED) is 0.499. The van der Waals surface area contributed by atoms with Gasteiger partial charge in [-0.05, 0) is 50.6 Å². The lowest BCUT2D eigenvalue weighted by Gasteiger charge is -2.13. The number of para-hydroxylation sites is 2. The summed E-state index contributed by atoms with van der Waals surface area (Å²) in [6.07, 6.45) is 0. The first-order valence-corrected chi connectivity index (χ1v) is 10.6. The van der Waals surface area contributed by atoms with Gasteiger partial charge >= 0.3 is 0 Å². The van der Waals surface area contributed by atoms with Crippen LogP contribution in [0.3, 0.4) is 0 Å². The molecule has 0 aliphatic carbocycles. The van der Waals surface area contributed by atoms with Gasteiger partial charge in [-0.2, -0.15) is 0 Å². The van der Waals surface area contributed by atoms with Crippen LogP contribution in [-0.4, -0.2) is 28.0 Å². The number of aromatic nitrogens is 2. The molecule has 2 N–H and O–H groups in total. The van der Waals surface area contributed by atoms with E-state index in [1.54, 1.807) is 0 Å². The van der Waals surface area contributed by atoms with E-state index in [2.05, 4.69) is 20.8 Å². The Bertz CT molecular complexity index is 945. The lowest BCUT2D eigenvalue weighted by Crippen LogP contribution is -2.22. The summed E-state index contributed by atoms with van der Waals surface area (Å²) in [6.45, 7) is 6.34. The Morgan fingerprint density at radius 2 is 2.04 bits per heavy atom. The van der Waals surface area contributed by atoms with E-state index in [4.69, 9.17) is 4.74 Å². The maximum atomic E-state index is 12.6. The third-order valence-corrected chi connectivity index (χ3v) is 5.79. The number of nitrogens with one attached hydrogen (secondary N) is 2. The Hall–Kier alpha value is -2.58. The lowest BCUT2D eigenvalue weighted by atomic mass is 10.2. The molecule has 2 aromatic carbocycles. The fourth-order valence-corrected chi connectivity index (χ4v) is 4.36. The van der Waals surface area contributed by atoms with Crippen molar-refractivity contribution in [3.8, 4) is 5.75 Å². The fourth-order valence-electron chi connectivity index (χ4n) is 2.44. The maximum Gasteiger partial charge on any atom is 0.237 e. The van der Waals surface area contributed by atoms with E-state index in [0.29, 0.717) is 23.2 Å². The number of anilines is 3. The number of hydrogen-bond acceptors (Lipinski definition) is 7. The zero-order valence-corrected chi connectivity index (χ0v) is 17.6. The molecule has 146 valence electrons. The summed E-state index contributed by atoms with van der Waals surface area (Å²) < 4.78 is 6.29. The summed E-state index contributed by atoms with van der Waals surface area (Å²) in [7, 11) is 0. The van der Waals surface area contributed by atoms with Gasteiger partial charge in [0.25, 0.3) is 0 Å². The highest BCUT2D eigenvalue weighted by Crippen LogP contribution is 2.31. The van der Waals surface area contributed by atoms with Crippen molar-refractivity contribution in [3.63, 3.8) is 0 Å². The van der Waals surface area contributed by atoms with Gasteiger partial charge in [0.2, 0.25) is 11.0 Å². The minimum absolute atomic E-state index is 0.111. The zero-order valence-electron chi connectivity index (χ0n) is 15.9. The molecule has 0 unspecified atom stereocenters. The largest absolute Gasteiger partial charge is 0.492 e. The third-order valence-electron chi connectivity index (χ3n) is 3.77. The van der Waals surface area contributed by atoms with Crippen LogP contribution in [0.15, 0.2) is 52.9 Å². The number of hydrogen-bond donors (Lipinski definition) is 2. The van der Waals surface area contributed by atoms with Crippen LogP contribution >= 0.6 is 23.1 Å². The Labute approximate surface area is 172 Å². The van der Waals surface area contributed by atoms with E-state index in [-0.39, 0.29) is 11.2 Å². The van der Waals surface area contributed by atoms with Gasteiger partial charge in [0, 0.05) is 5.69 Å². The fraction of sp³-hybridized carbons (Fsp3) is 0.250. The molecule has 0 aliphatic heterocycles. The van der Waals surface area contributed by atoms with Crippen molar-refractivity contribution in [2.75, 3.05) is 17.2 Å². The van der Waals surface area contributed by atoms with E-state index in [0.717, 1.165) is 10.0 Å². The van der Waals surface area contributed by atoms with E-state index >= 15 is 0 Å². The summed E-state index contributed by atoms with van der Waals surface area (Å²) >= 11 is 2.80. The highest BCUT2D eigenvalue weighted by molar-refractivity contribution is 8.02. The molecule has 6 nitrogen and oxygen atoms in total. The van der Waals surface area contributed by atoms with Gasteiger partial charge in [0.05, 0.1) is 17.5 Å². The SMILES string of the molecule is CCOc1ccccc1NC(=O)[C@@H](C)Sc1nnc(Nc2cccc(C)c2)s1. The molecule has 0 saturated carbocycles. The average Bonchev–Trinajstić information content (AvgIpc) is 3.10. The first kappa shape index (κ1) is 20.2. The molecule has 1 amide bonds.